The Kier molecular flexibility index (Phi) is 7.42. The Labute approximate surface area is 172 Å². The summed E-state index contributed by atoms with van der Waals surface area (Å²) in [6.45, 7) is 2.46. The molecule has 0 N–H and O–H groups in total. The third-order valence-corrected chi connectivity index (χ3v) is 4.71. The van der Waals surface area contributed by atoms with E-state index in [4.69, 9.17) is 14.2 Å². The summed E-state index contributed by atoms with van der Waals surface area (Å²) in [7, 11) is 1.61. The summed E-state index contributed by atoms with van der Waals surface area (Å²) in [6.07, 6.45) is -0.740. The zero-order valence-corrected chi connectivity index (χ0v) is 16.8. The predicted molar refractivity (Wildman–Crippen MR) is 113 cm³/mol. The van der Waals surface area contributed by atoms with Crippen LogP contribution in [0.4, 0.5) is 0 Å². The second-order valence-electron chi connectivity index (χ2n) is 6.63. The van der Waals surface area contributed by atoms with Crippen LogP contribution in [0, 0.1) is 0 Å². The number of rotatable bonds is 9. The molecule has 0 aliphatic heterocycles. The van der Waals surface area contributed by atoms with Gasteiger partial charge in [0.25, 0.3) is 0 Å². The van der Waals surface area contributed by atoms with Crippen LogP contribution in [-0.4, -0.2) is 25.8 Å². The van der Waals surface area contributed by atoms with E-state index in [2.05, 4.69) is 0 Å². The molecule has 3 aromatic rings. The van der Waals surface area contributed by atoms with E-state index >= 15 is 0 Å². The van der Waals surface area contributed by atoms with Crippen LogP contribution >= 0.6 is 0 Å². The Balaban J connectivity index is 1.85. The first-order valence-electron chi connectivity index (χ1n) is 9.74. The van der Waals surface area contributed by atoms with E-state index in [0.29, 0.717) is 6.61 Å². The first kappa shape index (κ1) is 20.6. The number of ether oxygens (including phenoxy) is 3. The summed E-state index contributed by atoms with van der Waals surface area (Å²) in [6, 6.07) is 27.3. The summed E-state index contributed by atoms with van der Waals surface area (Å²) >= 11 is 0. The summed E-state index contributed by atoms with van der Waals surface area (Å²) in [4.78, 5) is 13.1. The van der Waals surface area contributed by atoms with E-state index in [1.54, 1.807) is 7.11 Å². The average Bonchev–Trinajstić information content (AvgIpc) is 2.79. The molecule has 0 saturated heterocycles. The Morgan fingerprint density at radius 3 is 2.03 bits per heavy atom. The molecule has 4 nitrogen and oxygen atoms in total. The van der Waals surface area contributed by atoms with Crippen molar-refractivity contribution in [2.75, 3.05) is 13.7 Å². The molecule has 150 valence electrons. The molecule has 0 saturated carbocycles. The molecule has 3 rings (SSSR count). The molecule has 0 aliphatic rings. The number of benzene rings is 3. The van der Waals surface area contributed by atoms with Gasteiger partial charge >= 0.3 is 5.97 Å². The molecular weight excluding hydrogens is 364 g/mol. The predicted octanol–water partition coefficient (Wildman–Crippen LogP) is 4.98. The zero-order valence-electron chi connectivity index (χ0n) is 16.8. The molecule has 0 heterocycles. The fourth-order valence-electron chi connectivity index (χ4n) is 3.34. The van der Waals surface area contributed by atoms with Crippen molar-refractivity contribution in [3.05, 3.63) is 102 Å². The van der Waals surface area contributed by atoms with Crippen LogP contribution in [0.3, 0.4) is 0 Å². The second kappa shape index (κ2) is 10.4. The van der Waals surface area contributed by atoms with Crippen molar-refractivity contribution in [1.29, 1.82) is 0 Å². The van der Waals surface area contributed by atoms with Gasteiger partial charge in [-0.2, -0.15) is 0 Å². The van der Waals surface area contributed by atoms with E-state index in [1.807, 2.05) is 91.9 Å². The molecule has 0 amide bonds. The monoisotopic (exact) mass is 390 g/mol. The summed E-state index contributed by atoms with van der Waals surface area (Å²) in [5.74, 6) is 0.0916. The van der Waals surface area contributed by atoms with Gasteiger partial charge in [-0.05, 0) is 35.7 Å². The van der Waals surface area contributed by atoms with Crippen molar-refractivity contribution in [3.8, 4) is 5.75 Å². The van der Waals surface area contributed by atoms with Gasteiger partial charge in [0.1, 0.15) is 12.4 Å². The van der Waals surface area contributed by atoms with Crippen LogP contribution in [0.25, 0.3) is 0 Å². The van der Waals surface area contributed by atoms with Crippen molar-refractivity contribution in [2.45, 2.75) is 25.6 Å². The molecule has 3 aromatic carbocycles. The van der Waals surface area contributed by atoms with Crippen LogP contribution in [0.2, 0.25) is 0 Å². The van der Waals surface area contributed by atoms with Crippen LogP contribution < -0.4 is 4.74 Å². The number of carbonyl (C=O) groups is 1. The normalized spacial score (nSPS) is 11.8. The molecule has 0 fully saturated rings. The van der Waals surface area contributed by atoms with Gasteiger partial charge in [0, 0.05) is 12.5 Å². The third-order valence-electron chi connectivity index (χ3n) is 4.71. The highest BCUT2D eigenvalue weighted by molar-refractivity contribution is 5.77. The first-order chi connectivity index (χ1) is 14.2. The summed E-state index contributed by atoms with van der Waals surface area (Å²) in [5.41, 5.74) is 2.88. The number of hydrogen-bond donors (Lipinski definition) is 0. The lowest BCUT2D eigenvalue weighted by molar-refractivity contribution is -0.159. The minimum absolute atomic E-state index is 0.163. The quantitative estimate of drug-likeness (QED) is 0.484. The lowest BCUT2D eigenvalue weighted by Gasteiger charge is -2.26. The van der Waals surface area contributed by atoms with E-state index in [1.165, 1.54) is 0 Å². The number of esters is 1. The van der Waals surface area contributed by atoms with Gasteiger partial charge in [-0.3, -0.25) is 0 Å². The smallest absolute Gasteiger partial charge is 0.336 e. The molecular formula is C25H26O4. The Morgan fingerprint density at radius 1 is 0.862 bits per heavy atom. The van der Waals surface area contributed by atoms with Crippen molar-refractivity contribution in [3.63, 3.8) is 0 Å². The number of methoxy groups -OCH3 is 1. The second-order valence-corrected chi connectivity index (χ2v) is 6.63. The largest absolute Gasteiger partial charge is 0.497 e. The topological polar surface area (TPSA) is 44.8 Å². The maximum absolute atomic E-state index is 13.1. The zero-order chi connectivity index (χ0) is 20.5. The maximum atomic E-state index is 13.1. The maximum Gasteiger partial charge on any atom is 0.336 e. The average molecular weight is 390 g/mol. The van der Waals surface area contributed by atoms with Crippen molar-refractivity contribution in [2.24, 2.45) is 0 Å². The van der Waals surface area contributed by atoms with E-state index in [-0.39, 0.29) is 18.5 Å². The van der Waals surface area contributed by atoms with Gasteiger partial charge in [0.2, 0.25) is 0 Å². The van der Waals surface area contributed by atoms with Crippen molar-refractivity contribution >= 4 is 5.97 Å². The van der Waals surface area contributed by atoms with Gasteiger partial charge in [-0.1, -0.05) is 72.8 Å². The molecule has 29 heavy (non-hydrogen) atoms. The van der Waals surface area contributed by atoms with Crippen molar-refractivity contribution < 1.29 is 19.0 Å². The fraction of sp³-hybridized carbons (Fsp3) is 0.240. The molecule has 1 unspecified atom stereocenters. The lowest BCUT2D eigenvalue weighted by Crippen LogP contribution is -2.33. The Morgan fingerprint density at radius 2 is 1.48 bits per heavy atom. The summed E-state index contributed by atoms with van der Waals surface area (Å²) < 4.78 is 16.8. The lowest BCUT2D eigenvalue weighted by atomic mass is 9.86. The standard InChI is InChI=1S/C25H26O4/c1-3-28-24(25(26)29-18-19-11-10-16-22(17-19)27-2)23(20-12-6-4-7-13-20)21-14-8-5-9-15-21/h4-17,23-24H,3,18H2,1-2H3. The third kappa shape index (κ3) is 5.46. The summed E-state index contributed by atoms with van der Waals surface area (Å²) in [5, 5.41) is 0. The van der Waals surface area contributed by atoms with Crippen molar-refractivity contribution in [1.82, 2.24) is 0 Å². The van der Waals surface area contributed by atoms with Gasteiger partial charge < -0.3 is 14.2 Å². The molecule has 0 bridgehead atoms. The van der Waals surface area contributed by atoms with Gasteiger partial charge in [-0.15, -0.1) is 0 Å². The highest BCUT2D eigenvalue weighted by atomic mass is 16.6. The highest BCUT2D eigenvalue weighted by Gasteiger charge is 2.33. The Hall–Kier alpha value is -3.11. The number of hydrogen-bond acceptors (Lipinski definition) is 4. The highest BCUT2D eigenvalue weighted by Crippen LogP contribution is 2.31. The van der Waals surface area contributed by atoms with Gasteiger partial charge in [-0.25, -0.2) is 4.79 Å². The minimum Gasteiger partial charge on any atom is -0.497 e. The number of carbonyl (C=O) groups excluding carboxylic acids is 1. The molecule has 0 aliphatic carbocycles. The molecule has 0 aromatic heterocycles. The van der Waals surface area contributed by atoms with E-state index < -0.39 is 6.10 Å². The van der Waals surface area contributed by atoms with Crippen LogP contribution in [0.5, 0.6) is 5.75 Å². The first-order valence-corrected chi connectivity index (χ1v) is 9.74. The van der Waals surface area contributed by atoms with E-state index in [0.717, 1.165) is 22.4 Å². The van der Waals surface area contributed by atoms with Crippen LogP contribution in [0.1, 0.15) is 29.5 Å². The van der Waals surface area contributed by atoms with Crippen LogP contribution in [0.15, 0.2) is 84.9 Å². The van der Waals surface area contributed by atoms with Crippen LogP contribution in [-0.2, 0) is 20.9 Å². The molecule has 4 heteroatoms. The fourth-order valence-corrected chi connectivity index (χ4v) is 3.34. The van der Waals surface area contributed by atoms with E-state index in [9.17, 15) is 4.79 Å². The SMILES string of the molecule is CCOC(C(=O)OCc1cccc(OC)c1)C(c1ccccc1)c1ccccc1. The Bertz CT molecular complexity index is 853. The van der Waals surface area contributed by atoms with Gasteiger partial charge in [0.05, 0.1) is 7.11 Å². The minimum atomic E-state index is -0.740. The van der Waals surface area contributed by atoms with Gasteiger partial charge in [0.15, 0.2) is 6.10 Å². The molecule has 0 radical (unpaired) electrons. The molecule has 0 spiro atoms. The molecule has 1 atom stereocenters.